The van der Waals surface area contributed by atoms with Crippen molar-refractivity contribution < 1.29 is 4.39 Å². The Bertz CT molecular complexity index is 380. The Morgan fingerprint density at radius 3 is 2.56 bits per heavy atom. The highest BCUT2D eigenvalue weighted by Crippen LogP contribution is 2.20. The van der Waals surface area contributed by atoms with Gasteiger partial charge in [-0.1, -0.05) is 31.9 Å². The second kappa shape index (κ2) is 7.84. The summed E-state index contributed by atoms with van der Waals surface area (Å²) in [6.45, 7) is 4.72. The maximum absolute atomic E-state index is 12.9. The van der Waals surface area contributed by atoms with Crippen molar-refractivity contribution in [1.82, 2.24) is 5.32 Å². The second-order valence-electron chi connectivity index (χ2n) is 4.68. The topological polar surface area (TPSA) is 35.8 Å². The predicted octanol–water partition coefficient (Wildman–Crippen LogP) is 3.81. The van der Waals surface area contributed by atoms with E-state index in [1.54, 1.807) is 0 Å². The molecule has 0 heterocycles. The van der Waals surface area contributed by atoms with Crippen LogP contribution in [-0.2, 0) is 0 Å². The van der Waals surface area contributed by atoms with Crippen LogP contribution in [0.15, 0.2) is 24.3 Å². The van der Waals surface area contributed by atoms with E-state index in [4.69, 9.17) is 5.26 Å². The Balaban J connectivity index is 2.65. The van der Waals surface area contributed by atoms with Gasteiger partial charge in [-0.2, -0.15) is 5.26 Å². The average Bonchev–Trinajstić information content (AvgIpc) is 2.40. The van der Waals surface area contributed by atoms with Crippen LogP contribution in [-0.4, -0.2) is 6.54 Å². The van der Waals surface area contributed by atoms with Gasteiger partial charge in [-0.25, -0.2) is 4.39 Å². The summed E-state index contributed by atoms with van der Waals surface area (Å²) in [6, 6.07) is 9.04. The van der Waals surface area contributed by atoms with Crippen LogP contribution in [0.25, 0.3) is 0 Å². The fraction of sp³-hybridized carbons (Fsp3) is 0.533. The number of nitrogens with zero attached hydrogens (tertiary/aromatic N) is 1. The predicted molar refractivity (Wildman–Crippen MR) is 71.4 cm³/mol. The third-order valence-corrected chi connectivity index (χ3v) is 3.01. The number of rotatable bonds is 7. The Morgan fingerprint density at radius 1 is 1.33 bits per heavy atom. The quantitative estimate of drug-likeness (QED) is 0.796. The Morgan fingerprint density at radius 2 is 2.00 bits per heavy atom. The van der Waals surface area contributed by atoms with Gasteiger partial charge in [0.2, 0.25) is 0 Å². The van der Waals surface area contributed by atoms with Crippen molar-refractivity contribution in [3.63, 3.8) is 0 Å². The monoisotopic (exact) mass is 248 g/mol. The van der Waals surface area contributed by atoms with Gasteiger partial charge < -0.3 is 5.32 Å². The van der Waals surface area contributed by atoms with E-state index in [2.05, 4.69) is 18.3 Å². The SMILES string of the molecule is CCCCC(NCC(C)C#N)c1ccc(F)cc1. The first-order chi connectivity index (χ1) is 8.67. The lowest BCUT2D eigenvalue weighted by Gasteiger charge is -2.19. The lowest BCUT2D eigenvalue weighted by Crippen LogP contribution is -2.26. The minimum Gasteiger partial charge on any atom is -0.309 e. The molecule has 1 aromatic carbocycles. The third kappa shape index (κ3) is 4.85. The lowest BCUT2D eigenvalue weighted by atomic mass is 10.0. The van der Waals surface area contributed by atoms with Gasteiger partial charge in [0.05, 0.1) is 12.0 Å². The fourth-order valence-corrected chi connectivity index (χ4v) is 1.85. The summed E-state index contributed by atoms with van der Waals surface area (Å²) >= 11 is 0. The Kier molecular flexibility index (Phi) is 6.38. The van der Waals surface area contributed by atoms with Crippen LogP contribution in [0.4, 0.5) is 4.39 Å². The van der Waals surface area contributed by atoms with E-state index in [0.717, 1.165) is 24.8 Å². The highest BCUT2D eigenvalue weighted by atomic mass is 19.1. The first-order valence-corrected chi connectivity index (χ1v) is 6.55. The van der Waals surface area contributed by atoms with Crippen LogP contribution in [0.5, 0.6) is 0 Å². The van der Waals surface area contributed by atoms with Crippen molar-refractivity contribution in [2.45, 2.75) is 39.2 Å². The Labute approximate surface area is 109 Å². The molecule has 2 nitrogen and oxygen atoms in total. The summed E-state index contributed by atoms with van der Waals surface area (Å²) < 4.78 is 12.9. The van der Waals surface area contributed by atoms with Gasteiger partial charge in [-0.3, -0.25) is 0 Å². The molecule has 0 aliphatic rings. The van der Waals surface area contributed by atoms with E-state index in [1.165, 1.54) is 12.1 Å². The van der Waals surface area contributed by atoms with Gasteiger partial charge in [0.25, 0.3) is 0 Å². The molecule has 98 valence electrons. The summed E-state index contributed by atoms with van der Waals surface area (Å²) in [7, 11) is 0. The molecular weight excluding hydrogens is 227 g/mol. The number of unbranched alkanes of at least 4 members (excludes halogenated alkanes) is 1. The van der Waals surface area contributed by atoms with Gasteiger partial charge in [-0.05, 0) is 31.0 Å². The van der Waals surface area contributed by atoms with E-state index in [1.807, 2.05) is 19.1 Å². The molecule has 1 N–H and O–H groups in total. The van der Waals surface area contributed by atoms with Crippen molar-refractivity contribution in [2.24, 2.45) is 5.92 Å². The van der Waals surface area contributed by atoms with Crippen molar-refractivity contribution in [3.05, 3.63) is 35.6 Å². The zero-order valence-electron chi connectivity index (χ0n) is 11.1. The molecule has 0 saturated heterocycles. The van der Waals surface area contributed by atoms with Crippen LogP contribution in [0.1, 0.15) is 44.7 Å². The largest absolute Gasteiger partial charge is 0.309 e. The fourth-order valence-electron chi connectivity index (χ4n) is 1.85. The van der Waals surface area contributed by atoms with Crippen LogP contribution < -0.4 is 5.32 Å². The molecule has 0 bridgehead atoms. The first kappa shape index (κ1) is 14.7. The first-order valence-electron chi connectivity index (χ1n) is 6.55. The van der Waals surface area contributed by atoms with Crippen LogP contribution in [0.2, 0.25) is 0 Å². The number of hydrogen-bond acceptors (Lipinski definition) is 2. The minimum absolute atomic E-state index is 0.00502. The van der Waals surface area contributed by atoms with Crippen LogP contribution in [0, 0.1) is 23.1 Å². The number of nitriles is 1. The van der Waals surface area contributed by atoms with Crippen LogP contribution >= 0.6 is 0 Å². The number of hydrogen-bond donors (Lipinski definition) is 1. The van der Waals surface area contributed by atoms with E-state index in [0.29, 0.717) is 6.54 Å². The van der Waals surface area contributed by atoms with E-state index in [9.17, 15) is 4.39 Å². The van der Waals surface area contributed by atoms with Gasteiger partial charge in [0.15, 0.2) is 0 Å². The summed E-state index contributed by atoms with van der Waals surface area (Å²) in [5, 5.41) is 12.2. The van der Waals surface area contributed by atoms with E-state index < -0.39 is 0 Å². The summed E-state index contributed by atoms with van der Waals surface area (Å²) in [4.78, 5) is 0. The molecule has 0 fully saturated rings. The molecule has 0 radical (unpaired) electrons. The van der Waals surface area contributed by atoms with Crippen molar-refractivity contribution in [2.75, 3.05) is 6.54 Å². The number of halogens is 1. The Hall–Kier alpha value is -1.40. The summed E-state index contributed by atoms with van der Waals surface area (Å²) in [5.41, 5.74) is 1.09. The molecule has 0 amide bonds. The second-order valence-corrected chi connectivity index (χ2v) is 4.68. The lowest BCUT2D eigenvalue weighted by molar-refractivity contribution is 0.458. The van der Waals surface area contributed by atoms with Crippen molar-refractivity contribution in [3.8, 4) is 6.07 Å². The molecule has 0 aromatic heterocycles. The molecule has 0 spiro atoms. The normalized spacial score (nSPS) is 13.9. The van der Waals surface area contributed by atoms with Gasteiger partial charge in [0, 0.05) is 12.6 Å². The standard InChI is InChI=1S/C15H21FN2/c1-3-4-5-15(18-11-12(2)10-17)13-6-8-14(16)9-7-13/h6-9,12,15,18H,3-5,11H2,1-2H3. The third-order valence-electron chi connectivity index (χ3n) is 3.01. The smallest absolute Gasteiger partial charge is 0.123 e. The molecular formula is C15H21FN2. The van der Waals surface area contributed by atoms with Crippen molar-refractivity contribution in [1.29, 1.82) is 5.26 Å². The minimum atomic E-state index is -0.210. The highest BCUT2D eigenvalue weighted by molar-refractivity contribution is 5.20. The maximum Gasteiger partial charge on any atom is 0.123 e. The van der Waals surface area contributed by atoms with Gasteiger partial charge >= 0.3 is 0 Å². The molecule has 18 heavy (non-hydrogen) atoms. The van der Waals surface area contributed by atoms with Crippen LogP contribution in [0.3, 0.4) is 0 Å². The zero-order chi connectivity index (χ0) is 13.4. The summed E-state index contributed by atoms with van der Waals surface area (Å²) in [6.07, 6.45) is 3.27. The molecule has 1 rings (SSSR count). The van der Waals surface area contributed by atoms with Gasteiger partial charge in [-0.15, -0.1) is 0 Å². The van der Waals surface area contributed by atoms with Crippen molar-refractivity contribution >= 4 is 0 Å². The number of benzene rings is 1. The van der Waals surface area contributed by atoms with Gasteiger partial charge in [0.1, 0.15) is 5.82 Å². The van der Waals surface area contributed by atoms with E-state index in [-0.39, 0.29) is 17.8 Å². The molecule has 1 aromatic rings. The average molecular weight is 248 g/mol. The molecule has 3 heteroatoms. The molecule has 0 saturated carbocycles. The highest BCUT2D eigenvalue weighted by Gasteiger charge is 2.11. The number of nitrogens with one attached hydrogen (secondary N) is 1. The summed E-state index contributed by atoms with van der Waals surface area (Å²) in [5.74, 6) is -0.215. The molecule has 0 aliphatic heterocycles. The molecule has 2 unspecified atom stereocenters. The van der Waals surface area contributed by atoms with E-state index >= 15 is 0 Å². The maximum atomic E-state index is 12.9. The zero-order valence-corrected chi connectivity index (χ0v) is 11.1. The molecule has 2 atom stereocenters. The molecule has 0 aliphatic carbocycles.